The maximum Gasteiger partial charge on any atom is 0.274 e. The molecule has 0 saturated carbocycles. The van der Waals surface area contributed by atoms with E-state index in [0.29, 0.717) is 11.6 Å². The van der Waals surface area contributed by atoms with Crippen molar-refractivity contribution in [1.29, 1.82) is 0 Å². The molecule has 2 aromatic rings. The molecule has 1 aromatic heterocycles. The topological polar surface area (TPSA) is 49.0 Å². The third-order valence-electron chi connectivity index (χ3n) is 4.76. The second-order valence-corrected chi connectivity index (χ2v) is 6.03. The lowest BCUT2D eigenvalue weighted by Crippen LogP contribution is -2.29. The monoisotopic (exact) mass is 281 g/mol. The Kier molecular flexibility index (Phi) is 3.02. The lowest BCUT2D eigenvalue weighted by molar-refractivity contribution is 0.0784. The quantitative estimate of drug-likeness (QED) is 0.919. The second kappa shape index (κ2) is 5.02. The molecule has 0 radical (unpaired) electrons. The molecule has 1 N–H and O–H groups in total. The van der Waals surface area contributed by atoms with Crippen LogP contribution in [0.5, 0.6) is 0 Å². The van der Waals surface area contributed by atoms with E-state index in [1.807, 2.05) is 11.0 Å². The van der Waals surface area contributed by atoms with Gasteiger partial charge in [0.2, 0.25) is 0 Å². The first-order valence-electron chi connectivity index (χ1n) is 7.73. The number of benzene rings is 1. The van der Waals surface area contributed by atoms with Crippen molar-refractivity contribution in [2.24, 2.45) is 0 Å². The minimum atomic E-state index is 0.104. The van der Waals surface area contributed by atoms with Crippen molar-refractivity contribution in [2.75, 3.05) is 13.1 Å². The Balaban J connectivity index is 1.51. The minimum Gasteiger partial charge on any atom is -0.337 e. The SMILES string of the molecule is O=C(c1n[nH]c2c1CCC2)N1CC[C@H](c2ccccc2)C1. The van der Waals surface area contributed by atoms with Crippen molar-refractivity contribution in [3.05, 3.63) is 52.8 Å². The van der Waals surface area contributed by atoms with Crippen LogP contribution in [0.2, 0.25) is 0 Å². The summed E-state index contributed by atoms with van der Waals surface area (Å²) in [6.45, 7) is 1.64. The van der Waals surface area contributed by atoms with Crippen LogP contribution in [0.3, 0.4) is 0 Å². The number of aromatic amines is 1. The van der Waals surface area contributed by atoms with Gasteiger partial charge in [-0.2, -0.15) is 5.10 Å². The highest BCUT2D eigenvalue weighted by molar-refractivity contribution is 5.94. The maximum atomic E-state index is 12.7. The molecule has 1 atom stereocenters. The highest BCUT2D eigenvalue weighted by atomic mass is 16.2. The largest absolute Gasteiger partial charge is 0.337 e. The molecule has 1 aliphatic carbocycles. The highest BCUT2D eigenvalue weighted by Gasteiger charge is 2.31. The van der Waals surface area contributed by atoms with Crippen LogP contribution in [0, 0.1) is 0 Å². The van der Waals surface area contributed by atoms with E-state index in [0.717, 1.165) is 50.0 Å². The molecule has 0 bridgehead atoms. The van der Waals surface area contributed by atoms with Gasteiger partial charge in [-0.05, 0) is 31.2 Å². The fraction of sp³-hybridized carbons (Fsp3) is 0.412. The van der Waals surface area contributed by atoms with Crippen molar-refractivity contribution in [2.45, 2.75) is 31.6 Å². The number of aryl methyl sites for hydroxylation is 1. The molecule has 0 spiro atoms. The molecular weight excluding hydrogens is 262 g/mol. The number of carbonyl (C=O) groups is 1. The molecule has 2 aliphatic rings. The number of nitrogens with one attached hydrogen (secondary N) is 1. The zero-order valence-corrected chi connectivity index (χ0v) is 12.0. The number of hydrogen-bond acceptors (Lipinski definition) is 2. The van der Waals surface area contributed by atoms with E-state index in [9.17, 15) is 4.79 Å². The van der Waals surface area contributed by atoms with Gasteiger partial charge >= 0.3 is 0 Å². The fourth-order valence-corrected chi connectivity index (χ4v) is 3.59. The van der Waals surface area contributed by atoms with Crippen LogP contribution in [0.1, 0.15) is 46.1 Å². The number of amides is 1. The number of aromatic nitrogens is 2. The molecule has 4 rings (SSSR count). The van der Waals surface area contributed by atoms with Crippen LogP contribution in [0.4, 0.5) is 0 Å². The smallest absolute Gasteiger partial charge is 0.274 e. The first-order chi connectivity index (χ1) is 10.3. The third-order valence-corrected chi connectivity index (χ3v) is 4.76. The molecule has 108 valence electrons. The molecule has 1 saturated heterocycles. The van der Waals surface area contributed by atoms with E-state index in [2.05, 4.69) is 34.5 Å². The summed E-state index contributed by atoms with van der Waals surface area (Å²) in [4.78, 5) is 14.7. The fourth-order valence-electron chi connectivity index (χ4n) is 3.59. The molecule has 1 fully saturated rings. The molecule has 1 aromatic carbocycles. The van der Waals surface area contributed by atoms with Gasteiger partial charge in [-0.3, -0.25) is 9.89 Å². The summed E-state index contributed by atoms with van der Waals surface area (Å²) >= 11 is 0. The number of H-pyrrole nitrogens is 1. The lowest BCUT2D eigenvalue weighted by atomic mass is 9.99. The van der Waals surface area contributed by atoms with E-state index >= 15 is 0 Å². The number of nitrogens with zero attached hydrogens (tertiary/aromatic N) is 2. The molecule has 0 unspecified atom stereocenters. The molecule has 21 heavy (non-hydrogen) atoms. The third kappa shape index (κ3) is 2.15. The van der Waals surface area contributed by atoms with Crippen molar-refractivity contribution in [1.82, 2.24) is 15.1 Å². The van der Waals surface area contributed by atoms with Crippen molar-refractivity contribution >= 4 is 5.91 Å². The summed E-state index contributed by atoms with van der Waals surface area (Å²) in [5.41, 5.74) is 4.32. The summed E-state index contributed by atoms with van der Waals surface area (Å²) in [6.07, 6.45) is 4.20. The standard InChI is InChI=1S/C17H19N3O/c21-17(16-14-7-4-8-15(14)18-19-16)20-10-9-13(11-20)12-5-2-1-3-6-12/h1-3,5-6,13H,4,7-11H2,(H,18,19)/t13-/m0/s1. The number of carbonyl (C=O) groups excluding carboxylic acids is 1. The maximum absolute atomic E-state index is 12.7. The zero-order chi connectivity index (χ0) is 14.2. The first-order valence-corrected chi connectivity index (χ1v) is 7.73. The van der Waals surface area contributed by atoms with Gasteiger partial charge in [-0.15, -0.1) is 0 Å². The number of fused-ring (bicyclic) bond motifs is 1. The van der Waals surface area contributed by atoms with Crippen molar-refractivity contribution < 1.29 is 4.79 Å². The second-order valence-electron chi connectivity index (χ2n) is 6.03. The van der Waals surface area contributed by atoms with Gasteiger partial charge in [-0.25, -0.2) is 0 Å². The Labute approximate surface area is 124 Å². The molecule has 4 heteroatoms. The van der Waals surface area contributed by atoms with Gasteiger partial charge in [0.05, 0.1) is 0 Å². The number of hydrogen-bond donors (Lipinski definition) is 1. The molecule has 1 aliphatic heterocycles. The van der Waals surface area contributed by atoms with E-state index in [1.54, 1.807) is 0 Å². The van der Waals surface area contributed by atoms with Crippen molar-refractivity contribution in [3.8, 4) is 0 Å². The minimum absolute atomic E-state index is 0.104. The summed E-state index contributed by atoms with van der Waals surface area (Å²) in [6, 6.07) is 10.5. The van der Waals surface area contributed by atoms with E-state index < -0.39 is 0 Å². The molecule has 4 nitrogen and oxygen atoms in total. The van der Waals surface area contributed by atoms with Crippen LogP contribution in [-0.2, 0) is 12.8 Å². The average molecular weight is 281 g/mol. The van der Waals surface area contributed by atoms with Crippen molar-refractivity contribution in [3.63, 3.8) is 0 Å². The van der Waals surface area contributed by atoms with E-state index in [-0.39, 0.29) is 5.91 Å². The molecule has 1 amide bonds. The van der Waals surface area contributed by atoms with Gasteiger partial charge in [0.15, 0.2) is 5.69 Å². The lowest BCUT2D eigenvalue weighted by Gasteiger charge is -2.16. The number of likely N-dealkylation sites (tertiary alicyclic amines) is 1. The summed E-state index contributed by atoms with van der Waals surface area (Å²) in [5.74, 6) is 0.565. The predicted molar refractivity (Wildman–Crippen MR) is 80.3 cm³/mol. The van der Waals surface area contributed by atoms with Gasteiger partial charge in [-0.1, -0.05) is 30.3 Å². The summed E-state index contributed by atoms with van der Waals surface area (Å²) < 4.78 is 0. The van der Waals surface area contributed by atoms with Gasteiger partial charge < -0.3 is 4.90 Å². The van der Waals surface area contributed by atoms with Crippen LogP contribution in [0.15, 0.2) is 30.3 Å². The Morgan fingerprint density at radius 3 is 2.95 bits per heavy atom. The van der Waals surface area contributed by atoms with Crippen LogP contribution < -0.4 is 0 Å². The van der Waals surface area contributed by atoms with E-state index in [1.165, 1.54) is 5.56 Å². The van der Waals surface area contributed by atoms with Gasteiger partial charge in [0, 0.05) is 30.3 Å². The predicted octanol–water partition coefficient (Wildman–Crippen LogP) is 2.53. The number of rotatable bonds is 2. The zero-order valence-electron chi connectivity index (χ0n) is 12.0. The van der Waals surface area contributed by atoms with Crippen LogP contribution in [-0.4, -0.2) is 34.1 Å². The summed E-state index contributed by atoms with van der Waals surface area (Å²) in [7, 11) is 0. The van der Waals surface area contributed by atoms with E-state index in [4.69, 9.17) is 0 Å². The van der Waals surface area contributed by atoms with Gasteiger partial charge in [0.25, 0.3) is 5.91 Å². The van der Waals surface area contributed by atoms with Gasteiger partial charge in [0.1, 0.15) is 0 Å². The Bertz CT molecular complexity index is 662. The Morgan fingerprint density at radius 2 is 2.10 bits per heavy atom. The normalized spacial score (nSPS) is 20.8. The molecular formula is C17H19N3O. The van der Waals surface area contributed by atoms with Crippen LogP contribution >= 0.6 is 0 Å². The first kappa shape index (κ1) is 12.6. The Morgan fingerprint density at radius 1 is 1.24 bits per heavy atom. The highest BCUT2D eigenvalue weighted by Crippen LogP contribution is 2.29. The van der Waals surface area contributed by atoms with Crippen LogP contribution in [0.25, 0.3) is 0 Å². The molecule has 2 heterocycles. The Hall–Kier alpha value is -2.10. The summed E-state index contributed by atoms with van der Waals surface area (Å²) in [5, 5.41) is 7.30. The average Bonchev–Trinajstić information content (AvgIpc) is 3.23.